The third-order valence-corrected chi connectivity index (χ3v) is 4.89. The van der Waals surface area contributed by atoms with Gasteiger partial charge in [-0.1, -0.05) is 0 Å². The van der Waals surface area contributed by atoms with E-state index in [0.29, 0.717) is 4.31 Å². The van der Waals surface area contributed by atoms with Crippen molar-refractivity contribution in [3.8, 4) is 5.75 Å². The van der Waals surface area contributed by atoms with Gasteiger partial charge >= 0.3 is 5.97 Å². The number of methoxy groups -OCH3 is 1. The third-order valence-electron chi connectivity index (χ3n) is 2.82. The second-order valence-corrected chi connectivity index (χ2v) is 6.49. The van der Waals surface area contributed by atoms with E-state index in [1.165, 1.54) is 27.0 Å². The number of carboxylic acids is 1. The zero-order valence-electron chi connectivity index (χ0n) is 12.2. The van der Waals surface area contributed by atoms with Gasteiger partial charge in [0.25, 0.3) is 15.7 Å². The third kappa shape index (κ3) is 3.71. The Labute approximate surface area is 127 Å². The summed E-state index contributed by atoms with van der Waals surface area (Å²) in [7, 11) is -3.05. The summed E-state index contributed by atoms with van der Waals surface area (Å²) in [5.41, 5.74) is -0.671. The molecule has 22 heavy (non-hydrogen) atoms. The van der Waals surface area contributed by atoms with Gasteiger partial charge in [0.05, 0.1) is 18.1 Å². The van der Waals surface area contributed by atoms with Gasteiger partial charge in [0.1, 0.15) is 12.3 Å². The molecule has 0 saturated heterocycles. The van der Waals surface area contributed by atoms with E-state index in [2.05, 4.69) is 0 Å². The summed E-state index contributed by atoms with van der Waals surface area (Å²) in [6.07, 6.45) is 0. The Morgan fingerprint density at radius 3 is 2.45 bits per heavy atom. The van der Waals surface area contributed by atoms with E-state index in [1.54, 1.807) is 0 Å². The van der Waals surface area contributed by atoms with Crippen molar-refractivity contribution in [3.05, 3.63) is 28.3 Å². The Bertz CT molecular complexity index is 685. The van der Waals surface area contributed by atoms with Crippen molar-refractivity contribution in [2.75, 3.05) is 13.7 Å². The first kappa shape index (κ1) is 17.9. The molecule has 1 aromatic rings. The molecule has 0 aliphatic heterocycles. The Kier molecular flexibility index (Phi) is 5.44. The molecule has 0 bridgehead atoms. The normalized spacial score (nSPS) is 11.7. The SMILES string of the molecule is COc1ccc(S(=O)(=O)N(CC(=O)O)C(C)C)c([N+](=O)[O-])c1. The van der Waals surface area contributed by atoms with E-state index in [9.17, 15) is 23.3 Å². The van der Waals surface area contributed by atoms with Gasteiger partial charge in [0.15, 0.2) is 4.90 Å². The van der Waals surface area contributed by atoms with Crippen LogP contribution >= 0.6 is 0 Å². The van der Waals surface area contributed by atoms with Crippen molar-refractivity contribution in [3.63, 3.8) is 0 Å². The summed E-state index contributed by atoms with van der Waals surface area (Å²) in [4.78, 5) is 20.5. The number of sulfonamides is 1. The molecule has 0 aliphatic carbocycles. The van der Waals surface area contributed by atoms with Crippen LogP contribution in [-0.2, 0) is 14.8 Å². The number of rotatable bonds is 7. The molecular weight excluding hydrogens is 316 g/mol. The van der Waals surface area contributed by atoms with Crippen LogP contribution in [0, 0.1) is 10.1 Å². The van der Waals surface area contributed by atoms with Gasteiger partial charge < -0.3 is 9.84 Å². The summed E-state index contributed by atoms with van der Waals surface area (Å²) in [5, 5.41) is 19.9. The van der Waals surface area contributed by atoms with E-state index in [1.807, 2.05) is 0 Å². The number of carbonyl (C=O) groups is 1. The van der Waals surface area contributed by atoms with Crippen LogP contribution in [0.15, 0.2) is 23.1 Å². The van der Waals surface area contributed by atoms with Crippen LogP contribution in [-0.4, -0.2) is 48.4 Å². The maximum Gasteiger partial charge on any atom is 0.318 e. The molecule has 0 saturated carbocycles. The summed E-state index contributed by atoms with van der Waals surface area (Å²) in [6.45, 7) is 2.18. The van der Waals surface area contributed by atoms with Gasteiger partial charge in [-0.25, -0.2) is 8.42 Å². The maximum absolute atomic E-state index is 12.6. The molecule has 0 unspecified atom stereocenters. The van der Waals surface area contributed by atoms with E-state index < -0.39 is 44.1 Å². The lowest BCUT2D eigenvalue weighted by molar-refractivity contribution is -0.387. The highest BCUT2D eigenvalue weighted by molar-refractivity contribution is 7.89. The van der Waals surface area contributed by atoms with Crippen LogP contribution < -0.4 is 4.74 Å². The van der Waals surface area contributed by atoms with Crippen LogP contribution in [0.4, 0.5) is 5.69 Å². The molecule has 0 aliphatic rings. The van der Waals surface area contributed by atoms with Crippen molar-refractivity contribution in [2.45, 2.75) is 24.8 Å². The Morgan fingerprint density at radius 1 is 1.45 bits per heavy atom. The number of hydrogen-bond donors (Lipinski definition) is 1. The highest BCUT2D eigenvalue weighted by Crippen LogP contribution is 2.31. The second-order valence-electron chi connectivity index (χ2n) is 4.63. The molecule has 0 aromatic heterocycles. The number of aliphatic carboxylic acids is 1. The fourth-order valence-electron chi connectivity index (χ4n) is 1.79. The zero-order chi connectivity index (χ0) is 17.1. The highest BCUT2D eigenvalue weighted by atomic mass is 32.2. The Morgan fingerprint density at radius 2 is 2.05 bits per heavy atom. The predicted molar refractivity (Wildman–Crippen MR) is 76.3 cm³/mol. The topological polar surface area (TPSA) is 127 Å². The van der Waals surface area contributed by atoms with Crippen molar-refractivity contribution in [2.24, 2.45) is 0 Å². The fourth-order valence-corrected chi connectivity index (χ4v) is 3.52. The lowest BCUT2D eigenvalue weighted by atomic mass is 10.3. The summed E-state index contributed by atoms with van der Waals surface area (Å²) >= 11 is 0. The lowest BCUT2D eigenvalue weighted by Gasteiger charge is -2.24. The molecule has 0 spiro atoms. The van der Waals surface area contributed by atoms with Crippen LogP contribution in [0.3, 0.4) is 0 Å². The van der Waals surface area contributed by atoms with Gasteiger partial charge in [-0.2, -0.15) is 4.31 Å². The number of hydrogen-bond acceptors (Lipinski definition) is 6. The maximum atomic E-state index is 12.6. The van der Waals surface area contributed by atoms with Crippen LogP contribution in [0.1, 0.15) is 13.8 Å². The zero-order valence-corrected chi connectivity index (χ0v) is 13.0. The molecule has 0 radical (unpaired) electrons. The minimum Gasteiger partial charge on any atom is -0.497 e. The number of ether oxygens (including phenoxy) is 1. The highest BCUT2D eigenvalue weighted by Gasteiger charge is 2.34. The van der Waals surface area contributed by atoms with E-state index in [0.717, 1.165) is 12.1 Å². The average Bonchev–Trinajstić information content (AvgIpc) is 2.43. The summed E-state index contributed by atoms with van der Waals surface area (Å²) < 4.78 is 30.6. The van der Waals surface area contributed by atoms with E-state index >= 15 is 0 Å². The van der Waals surface area contributed by atoms with Gasteiger partial charge in [-0.05, 0) is 26.0 Å². The van der Waals surface area contributed by atoms with Gasteiger partial charge in [0.2, 0.25) is 0 Å². The lowest BCUT2D eigenvalue weighted by Crippen LogP contribution is -2.40. The van der Waals surface area contributed by atoms with Crippen molar-refractivity contribution >= 4 is 21.7 Å². The van der Waals surface area contributed by atoms with Crippen molar-refractivity contribution in [1.82, 2.24) is 4.31 Å². The van der Waals surface area contributed by atoms with E-state index in [4.69, 9.17) is 9.84 Å². The molecule has 0 fully saturated rings. The van der Waals surface area contributed by atoms with Crippen molar-refractivity contribution in [1.29, 1.82) is 0 Å². The summed E-state index contributed by atoms with van der Waals surface area (Å²) in [5.74, 6) is -1.23. The molecule has 1 N–H and O–H groups in total. The first-order valence-corrected chi connectivity index (χ1v) is 7.61. The first-order chi connectivity index (χ1) is 10.1. The van der Waals surface area contributed by atoms with Crippen LogP contribution in [0.25, 0.3) is 0 Å². The van der Waals surface area contributed by atoms with Crippen LogP contribution in [0.5, 0.6) is 5.75 Å². The number of carboxylic acid groups (broad SMARTS) is 1. The van der Waals surface area contributed by atoms with Gasteiger partial charge in [-0.3, -0.25) is 14.9 Å². The minimum atomic E-state index is -4.34. The molecule has 10 heteroatoms. The largest absolute Gasteiger partial charge is 0.497 e. The number of nitrogens with zero attached hydrogens (tertiary/aromatic N) is 2. The Hall–Kier alpha value is -2.20. The molecule has 1 rings (SSSR count). The predicted octanol–water partition coefficient (Wildman–Crippen LogP) is 1.09. The second kappa shape index (κ2) is 6.71. The smallest absolute Gasteiger partial charge is 0.318 e. The van der Waals surface area contributed by atoms with Gasteiger partial charge in [-0.15, -0.1) is 0 Å². The van der Waals surface area contributed by atoms with E-state index in [-0.39, 0.29) is 5.75 Å². The molecule has 9 nitrogen and oxygen atoms in total. The first-order valence-electron chi connectivity index (χ1n) is 6.17. The quantitative estimate of drug-likeness (QED) is 0.584. The fraction of sp³-hybridized carbons (Fsp3) is 0.417. The monoisotopic (exact) mass is 332 g/mol. The number of benzene rings is 1. The molecule has 0 atom stereocenters. The number of nitro benzene ring substituents is 1. The molecule has 0 amide bonds. The average molecular weight is 332 g/mol. The number of nitro groups is 1. The van der Waals surface area contributed by atoms with Crippen LogP contribution in [0.2, 0.25) is 0 Å². The van der Waals surface area contributed by atoms with Crippen molar-refractivity contribution < 1.29 is 28.0 Å². The molecular formula is C12H16N2O7S. The minimum absolute atomic E-state index is 0.125. The molecule has 1 aromatic carbocycles. The standard InChI is InChI=1S/C12H16N2O7S/c1-8(2)13(7-12(15)16)22(19,20)11-5-4-9(21-3)6-10(11)14(17)18/h4-6,8H,7H2,1-3H3,(H,15,16). The van der Waals surface area contributed by atoms with Gasteiger partial charge in [0, 0.05) is 6.04 Å². The molecule has 122 valence electrons. The Balaban J connectivity index is 3.49. The summed E-state index contributed by atoms with van der Waals surface area (Å²) in [6, 6.07) is 2.59. The molecule has 0 heterocycles.